The third-order valence-corrected chi connectivity index (χ3v) is 2.89. The van der Waals surface area contributed by atoms with E-state index >= 15 is 0 Å². The smallest absolute Gasteiger partial charge is 0.320 e. The molecule has 0 radical (unpaired) electrons. The molecule has 1 N–H and O–H groups in total. The lowest BCUT2D eigenvalue weighted by molar-refractivity contribution is -0.139. The van der Waals surface area contributed by atoms with Crippen molar-refractivity contribution in [3.63, 3.8) is 0 Å². The molecule has 0 aliphatic carbocycles. The molecule has 0 rings (SSSR count). The van der Waals surface area contributed by atoms with E-state index in [1.54, 1.807) is 0 Å². The van der Waals surface area contributed by atoms with Crippen LogP contribution in [-0.4, -0.2) is 15.4 Å². The highest BCUT2D eigenvalue weighted by molar-refractivity contribution is 9.10. The summed E-state index contributed by atoms with van der Waals surface area (Å²) in [5, 5.41) is 8.72. The number of carboxylic acids is 1. The van der Waals surface area contributed by atoms with Gasteiger partial charge in [0.1, 0.15) is 4.32 Å². The lowest BCUT2D eigenvalue weighted by Gasteiger charge is -2.19. The molecule has 3 heteroatoms. The standard InChI is InChI=1S/C7H13BrO2/c1-3-5-7(8,4-2)6(9)10/h3-5H2,1-2H3,(H,9,10)/t7-/m1/s1. The van der Waals surface area contributed by atoms with Gasteiger partial charge in [-0.3, -0.25) is 4.79 Å². The summed E-state index contributed by atoms with van der Waals surface area (Å²) in [4.78, 5) is 10.6. The zero-order chi connectivity index (χ0) is 8.20. The fraction of sp³-hybridized carbons (Fsp3) is 0.857. The molecule has 0 aromatic heterocycles. The van der Waals surface area contributed by atoms with Crippen molar-refractivity contribution in [2.75, 3.05) is 0 Å². The van der Waals surface area contributed by atoms with E-state index in [1.807, 2.05) is 13.8 Å². The maximum atomic E-state index is 10.6. The molecule has 0 heterocycles. The van der Waals surface area contributed by atoms with E-state index in [1.165, 1.54) is 0 Å². The average Bonchev–Trinajstić information content (AvgIpc) is 1.88. The van der Waals surface area contributed by atoms with Crippen LogP contribution in [0.4, 0.5) is 0 Å². The van der Waals surface area contributed by atoms with Gasteiger partial charge in [-0.1, -0.05) is 36.2 Å². The topological polar surface area (TPSA) is 37.3 Å². The molecule has 0 aliphatic heterocycles. The summed E-state index contributed by atoms with van der Waals surface area (Å²) >= 11 is 3.21. The first-order valence-corrected chi connectivity index (χ1v) is 4.28. The van der Waals surface area contributed by atoms with Crippen LogP contribution in [-0.2, 0) is 4.79 Å². The summed E-state index contributed by atoms with van der Waals surface area (Å²) < 4.78 is -0.679. The van der Waals surface area contributed by atoms with Gasteiger partial charge in [0.25, 0.3) is 0 Å². The maximum Gasteiger partial charge on any atom is 0.320 e. The molecule has 60 valence electrons. The Bertz CT molecular complexity index is 125. The number of aliphatic carboxylic acids is 1. The number of hydrogen-bond acceptors (Lipinski definition) is 1. The van der Waals surface area contributed by atoms with Crippen LogP contribution >= 0.6 is 15.9 Å². The quantitative estimate of drug-likeness (QED) is 0.722. The van der Waals surface area contributed by atoms with Gasteiger partial charge in [-0.15, -0.1) is 0 Å². The number of carboxylic acid groups (broad SMARTS) is 1. The lowest BCUT2D eigenvalue weighted by Crippen LogP contribution is -2.30. The highest BCUT2D eigenvalue weighted by Crippen LogP contribution is 2.27. The lowest BCUT2D eigenvalue weighted by atomic mass is 10.0. The van der Waals surface area contributed by atoms with Gasteiger partial charge in [-0.2, -0.15) is 0 Å². The average molecular weight is 209 g/mol. The zero-order valence-electron chi connectivity index (χ0n) is 6.35. The Kier molecular flexibility index (Phi) is 3.94. The van der Waals surface area contributed by atoms with Crippen molar-refractivity contribution in [1.29, 1.82) is 0 Å². The molecular formula is C7H13BrO2. The number of rotatable bonds is 4. The van der Waals surface area contributed by atoms with Crippen LogP contribution in [0.15, 0.2) is 0 Å². The van der Waals surface area contributed by atoms with E-state index in [2.05, 4.69) is 15.9 Å². The van der Waals surface area contributed by atoms with Gasteiger partial charge < -0.3 is 5.11 Å². The second-order valence-corrected chi connectivity index (χ2v) is 3.89. The van der Waals surface area contributed by atoms with Crippen LogP contribution in [0.1, 0.15) is 33.1 Å². The minimum atomic E-state index is -0.753. The number of halogens is 1. The fourth-order valence-electron chi connectivity index (χ4n) is 0.831. The van der Waals surface area contributed by atoms with Crippen LogP contribution in [0, 0.1) is 0 Å². The Balaban J connectivity index is 4.08. The normalized spacial score (nSPS) is 16.3. The zero-order valence-corrected chi connectivity index (χ0v) is 7.94. The fourth-order valence-corrected chi connectivity index (χ4v) is 1.23. The van der Waals surface area contributed by atoms with Gasteiger partial charge in [-0.05, 0) is 12.8 Å². The second-order valence-electron chi connectivity index (χ2n) is 2.37. The minimum absolute atomic E-state index is 0.635. The highest BCUT2D eigenvalue weighted by Gasteiger charge is 2.31. The first kappa shape index (κ1) is 9.95. The molecule has 10 heavy (non-hydrogen) atoms. The Morgan fingerprint density at radius 3 is 2.20 bits per heavy atom. The van der Waals surface area contributed by atoms with Crippen LogP contribution in [0.2, 0.25) is 0 Å². The predicted molar refractivity (Wildman–Crippen MR) is 44.5 cm³/mol. The van der Waals surface area contributed by atoms with E-state index in [0.29, 0.717) is 12.8 Å². The van der Waals surface area contributed by atoms with E-state index in [0.717, 1.165) is 6.42 Å². The minimum Gasteiger partial charge on any atom is -0.480 e. The third-order valence-electron chi connectivity index (χ3n) is 1.59. The Morgan fingerprint density at radius 2 is 2.10 bits per heavy atom. The van der Waals surface area contributed by atoms with Gasteiger partial charge in [0.05, 0.1) is 0 Å². The van der Waals surface area contributed by atoms with Crippen molar-refractivity contribution < 1.29 is 9.90 Å². The van der Waals surface area contributed by atoms with Gasteiger partial charge in [0.2, 0.25) is 0 Å². The van der Waals surface area contributed by atoms with Crippen LogP contribution in [0.3, 0.4) is 0 Å². The van der Waals surface area contributed by atoms with E-state index in [-0.39, 0.29) is 0 Å². The largest absolute Gasteiger partial charge is 0.480 e. The van der Waals surface area contributed by atoms with E-state index in [9.17, 15) is 4.79 Å². The molecule has 0 aliphatic rings. The second kappa shape index (κ2) is 3.96. The van der Waals surface area contributed by atoms with Gasteiger partial charge in [-0.25, -0.2) is 0 Å². The molecule has 0 spiro atoms. The number of carbonyl (C=O) groups is 1. The van der Waals surface area contributed by atoms with Crippen LogP contribution in [0.25, 0.3) is 0 Å². The third kappa shape index (κ3) is 2.29. The number of hydrogen-bond donors (Lipinski definition) is 1. The molecule has 2 nitrogen and oxygen atoms in total. The molecule has 0 unspecified atom stereocenters. The molecule has 1 atom stereocenters. The summed E-state index contributed by atoms with van der Waals surface area (Å²) in [6.07, 6.45) is 2.22. The van der Waals surface area contributed by atoms with Gasteiger partial charge >= 0.3 is 5.97 Å². The summed E-state index contributed by atoms with van der Waals surface area (Å²) in [5.74, 6) is -0.753. The summed E-state index contributed by atoms with van der Waals surface area (Å²) in [6.45, 7) is 3.85. The molecule has 0 fully saturated rings. The first-order chi connectivity index (χ1) is 4.56. The van der Waals surface area contributed by atoms with Crippen molar-refractivity contribution in [3.05, 3.63) is 0 Å². The van der Waals surface area contributed by atoms with Crippen molar-refractivity contribution in [2.24, 2.45) is 0 Å². The van der Waals surface area contributed by atoms with Crippen molar-refractivity contribution >= 4 is 21.9 Å². The van der Waals surface area contributed by atoms with Gasteiger partial charge in [0, 0.05) is 0 Å². The molecule has 0 saturated carbocycles. The molecule has 0 amide bonds. The monoisotopic (exact) mass is 208 g/mol. The summed E-state index contributed by atoms with van der Waals surface area (Å²) in [7, 11) is 0. The highest BCUT2D eigenvalue weighted by atomic mass is 79.9. The van der Waals surface area contributed by atoms with Crippen LogP contribution in [0.5, 0.6) is 0 Å². The first-order valence-electron chi connectivity index (χ1n) is 3.49. The van der Waals surface area contributed by atoms with Crippen molar-refractivity contribution in [3.8, 4) is 0 Å². The van der Waals surface area contributed by atoms with Crippen molar-refractivity contribution in [2.45, 2.75) is 37.4 Å². The Morgan fingerprint density at radius 1 is 1.60 bits per heavy atom. The molecule has 0 bridgehead atoms. The molecule has 0 saturated heterocycles. The van der Waals surface area contributed by atoms with Gasteiger partial charge in [0.15, 0.2) is 0 Å². The van der Waals surface area contributed by atoms with Crippen molar-refractivity contribution in [1.82, 2.24) is 0 Å². The molecular weight excluding hydrogens is 196 g/mol. The maximum absolute atomic E-state index is 10.6. The SMILES string of the molecule is CCC[C@](Br)(CC)C(=O)O. The summed E-state index contributed by atoms with van der Waals surface area (Å²) in [6, 6.07) is 0. The molecule has 0 aromatic carbocycles. The Labute approximate surface area is 69.8 Å². The molecule has 0 aromatic rings. The Hall–Kier alpha value is -0.0500. The summed E-state index contributed by atoms with van der Waals surface area (Å²) in [5.41, 5.74) is 0. The predicted octanol–water partition coefficient (Wildman–Crippen LogP) is 2.41. The number of alkyl halides is 1. The van der Waals surface area contributed by atoms with E-state index < -0.39 is 10.3 Å². The van der Waals surface area contributed by atoms with Crippen LogP contribution < -0.4 is 0 Å². The van der Waals surface area contributed by atoms with E-state index in [4.69, 9.17) is 5.11 Å².